The van der Waals surface area contributed by atoms with Crippen LogP contribution in [0.3, 0.4) is 0 Å². The molecule has 0 fully saturated rings. The van der Waals surface area contributed by atoms with Gasteiger partial charge >= 0.3 is 6.09 Å². The number of carbonyl (C=O) groups is 1. The highest BCUT2D eigenvalue weighted by Crippen LogP contribution is 2.56. The number of halogens is 2. The molecule has 1 heterocycles. The summed E-state index contributed by atoms with van der Waals surface area (Å²) in [6, 6.07) is 20.3. The number of fused-ring (bicyclic) bond motifs is 1. The summed E-state index contributed by atoms with van der Waals surface area (Å²) in [5.41, 5.74) is 6.07. The van der Waals surface area contributed by atoms with Gasteiger partial charge in [0.05, 0.1) is 23.4 Å². The van der Waals surface area contributed by atoms with Gasteiger partial charge in [-0.15, -0.1) is 0 Å². The van der Waals surface area contributed by atoms with Crippen molar-refractivity contribution in [2.45, 2.75) is 12.5 Å². The molecule has 2 atom stereocenters. The second-order valence-electron chi connectivity index (χ2n) is 8.26. The van der Waals surface area contributed by atoms with Crippen molar-refractivity contribution in [3.8, 4) is 18.2 Å². The largest absolute Gasteiger partial charge is 0.445 e. The lowest BCUT2D eigenvalue weighted by Crippen LogP contribution is -2.49. The Balaban J connectivity index is 1.78. The van der Waals surface area contributed by atoms with Crippen LogP contribution in [0.5, 0.6) is 0 Å². The first-order valence-electron chi connectivity index (χ1n) is 10.7. The Morgan fingerprint density at radius 2 is 1.74 bits per heavy atom. The maximum atomic E-state index is 12.9. The van der Waals surface area contributed by atoms with Crippen LogP contribution >= 0.6 is 23.2 Å². The summed E-state index contributed by atoms with van der Waals surface area (Å²) in [7, 11) is 0. The van der Waals surface area contributed by atoms with Gasteiger partial charge in [-0.25, -0.2) is 4.79 Å². The van der Waals surface area contributed by atoms with E-state index in [-0.39, 0.29) is 41.0 Å². The van der Waals surface area contributed by atoms with Crippen LogP contribution in [0, 0.1) is 45.3 Å². The van der Waals surface area contributed by atoms with Crippen LogP contribution in [0.2, 0.25) is 10.0 Å². The number of benzene rings is 2. The van der Waals surface area contributed by atoms with Crippen molar-refractivity contribution in [1.29, 1.82) is 15.8 Å². The van der Waals surface area contributed by atoms with Crippen molar-refractivity contribution >= 4 is 29.3 Å². The molecule has 2 N–H and O–H groups in total. The molecule has 0 bridgehead atoms. The van der Waals surface area contributed by atoms with E-state index in [0.717, 1.165) is 5.56 Å². The first-order valence-corrected chi connectivity index (χ1v) is 11.5. The number of rotatable bonds is 3. The Labute approximate surface area is 212 Å². The smallest absolute Gasteiger partial charge is 0.410 e. The maximum Gasteiger partial charge on any atom is 0.410 e. The first kappa shape index (κ1) is 24.2. The second-order valence-corrected chi connectivity index (χ2v) is 9.07. The van der Waals surface area contributed by atoms with Gasteiger partial charge in [0.1, 0.15) is 12.7 Å². The van der Waals surface area contributed by atoms with Crippen LogP contribution in [-0.4, -0.2) is 24.1 Å². The summed E-state index contributed by atoms with van der Waals surface area (Å²) in [4.78, 5) is 14.4. The number of nitrogens with two attached hydrogens (primary N) is 1. The lowest BCUT2D eigenvalue weighted by molar-refractivity contribution is 0.0899. The zero-order valence-corrected chi connectivity index (χ0v) is 19.9. The van der Waals surface area contributed by atoms with Gasteiger partial charge in [0.2, 0.25) is 0 Å². The van der Waals surface area contributed by atoms with E-state index in [9.17, 15) is 20.6 Å². The van der Waals surface area contributed by atoms with Gasteiger partial charge in [0, 0.05) is 35.0 Å². The number of amides is 1. The summed E-state index contributed by atoms with van der Waals surface area (Å²) in [5.74, 6) is -1.57. The minimum atomic E-state index is -1.92. The van der Waals surface area contributed by atoms with Crippen LogP contribution in [0.25, 0.3) is 0 Å². The van der Waals surface area contributed by atoms with Crippen molar-refractivity contribution in [3.05, 3.63) is 92.6 Å². The molecule has 1 aliphatic heterocycles. The number of nitrogens with zero attached hydrogens (tertiary/aromatic N) is 4. The Hall–Kier alpha value is -3.96. The quantitative estimate of drug-likeness (QED) is 0.623. The average molecular weight is 504 g/mol. The summed E-state index contributed by atoms with van der Waals surface area (Å²) >= 11 is 13.0. The fraction of sp³-hybridized carbons (Fsp3) is 0.231. The number of hydrogen-bond acceptors (Lipinski definition) is 6. The molecule has 7 nitrogen and oxygen atoms in total. The molecule has 2 aromatic carbocycles. The van der Waals surface area contributed by atoms with Gasteiger partial charge < -0.3 is 15.4 Å². The number of nitriles is 3. The molecule has 9 heteroatoms. The van der Waals surface area contributed by atoms with Gasteiger partial charge in [-0.2, -0.15) is 15.8 Å². The SMILES string of the molecule is N#CC1=C(N)C(C#N)(C#N)[C@H](c2c(Cl)cccc2Cl)[C@@H]2CN(C(=O)OCc3ccccc3)CC=C12. The van der Waals surface area contributed by atoms with E-state index in [1.165, 1.54) is 4.90 Å². The Morgan fingerprint density at radius 1 is 1.09 bits per heavy atom. The van der Waals surface area contributed by atoms with Crippen LogP contribution in [0.4, 0.5) is 4.79 Å². The van der Waals surface area contributed by atoms with Crippen LogP contribution in [0.15, 0.2) is 71.5 Å². The average Bonchev–Trinajstić information content (AvgIpc) is 2.88. The summed E-state index contributed by atoms with van der Waals surface area (Å²) in [6.07, 6.45) is 1.15. The van der Waals surface area contributed by atoms with Crippen LogP contribution in [-0.2, 0) is 11.3 Å². The van der Waals surface area contributed by atoms with Crippen molar-refractivity contribution in [2.24, 2.45) is 17.1 Å². The van der Waals surface area contributed by atoms with E-state index in [1.807, 2.05) is 42.5 Å². The number of hydrogen-bond donors (Lipinski definition) is 1. The fourth-order valence-corrected chi connectivity index (χ4v) is 5.39. The van der Waals surface area contributed by atoms with Gasteiger partial charge in [-0.3, -0.25) is 0 Å². The molecule has 2 aliphatic rings. The molecule has 4 rings (SSSR count). The van der Waals surface area contributed by atoms with E-state index in [2.05, 4.69) is 6.07 Å². The molecule has 2 aromatic rings. The van der Waals surface area contributed by atoms with E-state index in [1.54, 1.807) is 24.3 Å². The van der Waals surface area contributed by atoms with Crippen molar-refractivity contribution in [2.75, 3.05) is 13.1 Å². The van der Waals surface area contributed by atoms with Crippen LogP contribution < -0.4 is 5.73 Å². The highest BCUT2D eigenvalue weighted by atomic mass is 35.5. The van der Waals surface area contributed by atoms with E-state index >= 15 is 0 Å². The Morgan fingerprint density at radius 3 is 2.34 bits per heavy atom. The molecular weight excluding hydrogens is 485 g/mol. The minimum absolute atomic E-state index is 0.0647. The van der Waals surface area contributed by atoms with Gasteiger partial charge in [0.25, 0.3) is 0 Å². The van der Waals surface area contributed by atoms with Gasteiger partial charge in [-0.05, 0) is 28.8 Å². The van der Waals surface area contributed by atoms with E-state index in [0.29, 0.717) is 11.1 Å². The second kappa shape index (κ2) is 9.72. The molecular formula is C26H19Cl2N5O2. The summed E-state index contributed by atoms with van der Waals surface area (Å²) in [6.45, 7) is 0.343. The number of carbonyl (C=O) groups excluding carboxylic acids is 1. The zero-order valence-electron chi connectivity index (χ0n) is 18.4. The molecule has 1 amide bonds. The molecule has 0 aromatic heterocycles. The molecule has 174 valence electrons. The third-order valence-electron chi connectivity index (χ3n) is 6.44. The van der Waals surface area contributed by atoms with Crippen molar-refractivity contribution < 1.29 is 9.53 Å². The normalized spacial score (nSPS) is 20.5. The topological polar surface area (TPSA) is 127 Å². The number of allylic oxidation sites excluding steroid dienone is 2. The third kappa shape index (κ3) is 4.08. The summed E-state index contributed by atoms with van der Waals surface area (Å²) < 4.78 is 5.49. The highest BCUT2D eigenvalue weighted by molar-refractivity contribution is 6.36. The van der Waals surface area contributed by atoms with Crippen molar-refractivity contribution in [1.82, 2.24) is 4.90 Å². The standard InChI is InChI=1S/C26H19Cl2N5O2/c27-20-7-4-8-21(28)22(20)23-19-12-33(25(34)35-13-16-5-2-1-3-6-16)10-9-17(19)18(11-29)24(32)26(23,14-30)15-31/h1-9,19,23H,10,12-13,32H2/t19-,23+/m1/s1. The lowest BCUT2D eigenvalue weighted by atomic mass is 9.58. The fourth-order valence-electron chi connectivity index (χ4n) is 4.76. The van der Waals surface area contributed by atoms with Crippen LogP contribution in [0.1, 0.15) is 17.0 Å². The van der Waals surface area contributed by atoms with Gasteiger partial charge in [0.15, 0.2) is 5.41 Å². The maximum absolute atomic E-state index is 12.9. The monoisotopic (exact) mass is 503 g/mol. The highest BCUT2D eigenvalue weighted by Gasteiger charge is 2.55. The minimum Gasteiger partial charge on any atom is -0.445 e. The molecule has 35 heavy (non-hydrogen) atoms. The summed E-state index contributed by atoms with van der Waals surface area (Å²) in [5, 5.41) is 30.8. The van der Waals surface area contributed by atoms with Crippen molar-refractivity contribution in [3.63, 3.8) is 0 Å². The van der Waals surface area contributed by atoms with E-state index in [4.69, 9.17) is 33.7 Å². The van der Waals surface area contributed by atoms with Gasteiger partial charge in [-0.1, -0.05) is 65.7 Å². The number of ether oxygens (including phenoxy) is 1. The predicted molar refractivity (Wildman–Crippen MR) is 129 cm³/mol. The molecule has 0 saturated carbocycles. The molecule has 0 radical (unpaired) electrons. The predicted octanol–water partition coefficient (Wildman–Crippen LogP) is 5.06. The third-order valence-corrected chi connectivity index (χ3v) is 7.10. The molecule has 0 spiro atoms. The first-order chi connectivity index (χ1) is 16.9. The molecule has 1 aliphatic carbocycles. The van der Waals surface area contributed by atoms with E-state index < -0.39 is 23.3 Å². The lowest BCUT2D eigenvalue weighted by Gasteiger charge is -2.45. The zero-order chi connectivity index (χ0) is 25.2. The molecule has 0 saturated heterocycles. The Kier molecular flexibility index (Phi) is 6.72. The molecule has 0 unspecified atom stereocenters. The Bertz CT molecular complexity index is 1330.